The van der Waals surface area contributed by atoms with Crippen molar-refractivity contribution in [3.05, 3.63) is 45.7 Å². The van der Waals surface area contributed by atoms with Crippen LogP contribution in [0.2, 0.25) is 0 Å². The smallest absolute Gasteiger partial charge is 0.257 e. The number of likely N-dealkylation sites (tertiary alicyclic amines) is 1. The van der Waals surface area contributed by atoms with Crippen LogP contribution in [0.3, 0.4) is 0 Å². The first-order valence-corrected chi connectivity index (χ1v) is 9.45. The highest BCUT2D eigenvalue weighted by Crippen LogP contribution is 2.23. The third-order valence-corrected chi connectivity index (χ3v) is 5.52. The Kier molecular flexibility index (Phi) is 5.29. The summed E-state index contributed by atoms with van der Waals surface area (Å²) in [5, 5.41) is 4.62. The van der Waals surface area contributed by atoms with E-state index in [9.17, 15) is 4.79 Å². The van der Waals surface area contributed by atoms with Gasteiger partial charge in [-0.3, -0.25) is 4.79 Å². The van der Waals surface area contributed by atoms with Gasteiger partial charge in [0.25, 0.3) is 5.91 Å². The zero-order chi connectivity index (χ0) is 18.1. The highest BCUT2D eigenvalue weighted by Gasteiger charge is 2.29. The number of halogens is 1. The van der Waals surface area contributed by atoms with E-state index in [0.717, 1.165) is 53.0 Å². The lowest BCUT2D eigenvalue weighted by molar-refractivity contribution is 0.0633. The summed E-state index contributed by atoms with van der Waals surface area (Å²) in [6.07, 6.45) is 2.19. The summed E-state index contributed by atoms with van der Waals surface area (Å²) >= 11 is 3.45. The Hall–Kier alpha value is -1.66. The lowest BCUT2D eigenvalue weighted by Gasteiger charge is -2.36. The molecule has 0 radical (unpaired) electrons. The minimum Gasteiger partial charge on any atom is -0.337 e. The molecule has 0 N–H and O–H groups in total. The molecule has 1 aromatic heterocycles. The fourth-order valence-electron chi connectivity index (χ4n) is 3.50. The van der Waals surface area contributed by atoms with Crippen molar-refractivity contribution in [2.75, 3.05) is 27.2 Å². The minimum atomic E-state index is 0.102. The van der Waals surface area contributed by atoms with Gasteiger partial charge in [-0.2, -0.15) is 5.10 Å². The molecule has 1 atom stereocenters. The summed E-state index contributed by atoms with van der Waals surface area (Å²) in [7, 11) is 4.17. The Morgan fingerprint density at radius 2 is 1.92 bits per heavy atom. The van der Waals surface area contributed by atoms with Gasteiger partial charge in [0, 0.05) is 23.6 Å². The maximum absolute atomic E-state index is 13.2. The number of aromatic nitrogens is 2. The molecule has 2 aromatic rings. The molecule has 1 amide bonds. The van der Waals surface area contributed by atoms with E-state index in [1.807, 2.05) is 47.7 Å². The van der Waals surface area contributed by atoms with Gasteiger partial charge in [0.2, 0.25) is 0 Å². The summed E-state index contributed by atoms with van der Waals surface area (Å²) in [5.41, 5.74) is 3.39. The number of rotatable bonds is 3. The second-order valence-electron chi connectivity index (χ2n) is 6.94. The Labute approximate surface area is 157 Å². The number of piperidine rings is 1. The third kappa shape index (κ3) is 3.65. The van der Waals surface area contributed by atoms with E-state index in [1.165, 1.54) is 0 Å². The van der Waals surface area contributed by atoms with Crippen LogP contribution >= 0.6 is 15.9 Å². The summed E-state index contributed by atoms with van der Waals surface area (Å²) in [4.78, 5) is 17.4. The van der Waals surface area contributed by atoms with Crippen LogP contribution in [0.25, 0.3) is 5.69 Å². The summed E-state index contributed by atoms with van der Waals surface area (Å²) in [6.45, 7) is 5.51. The van der Waals surface area contributed by atoms with Gasteiger partial charge in [-0.05, 0) is 65.0 Å². The van der Waals surface area contributed by atoms with Gasteiger partial charge in [0.15, 0.2) is 0 Å². The second-order valence-corrected chi connectivity index (χ2v) is 7.86. The van der Waals surface area contributed by atoms with Crippen molar-refractivity contribution >= 4 is 21.8 Å². The van der Waals surface area contributed by atoms with Crippen LogP contribution in [0.15, 0.2) is 28.7 Å². The molecule has 25 heavy (non-hydrogen) atoms. The van der Waals surface area contributed by atoms with Crippen molar-refractivity contribution in [3.8, 4) is 5.69 Å². The first-order valence-electron chi connectivity index (χ1n) is 8.66. The van der Waals surface area contributed by atoms with E-state index in [4.69, 9.17) is 0 Å². The van der Waals surface area contributed by atoms with Crippen molar-refractivity contribution in [2.24, 2.45) is 0 Å². The van der Waals surface area contributed by atoms with E-state index in [0.29, 0.717) is 6.04 Å². The average molecular weight is 405 g/mol. The van der Waals surface area contributed by atoms with Crippen LogP contribution in [0.5, 0.6) is 0 Å². The predicted octanol–water partition coefficient (Wildman–Crippen LogP) is 3.42. The SMILES string of the molecule is Cc1nn(-c2ccc(Br)cc2)c(C)c1C(=O)N1CCCC(N(C)C)C1. The van der Waals surface area contributed by atoms with Crippen LogP contribution in [0.4, 0.5) is 0 Å². The Bertz CT molecular complexity index is 766. The van der Waals surface area contributed by atoms with Gasteiger partial charge in [-0.25, -0.2) is 4.68 Å². The normalized spacial score (nSPS) is 18.0. The van der Waals surface area contributed by atoms with Gasteiger partial charge in [-0.15, -0.1) is 0 Å². The molecule has 1 unspecified atom stereocenters. The Morgan fingerprint density at radius 3 is 2.56 bits per heavy atom. The van der Waals surface area contributed by atoms with Crippen molar-refractivity contribution < 1.29 is 4.79 Å². The highest BCUT2D eigenvalue weighted by atomic mass is 79.9. The van der Waals surface area contributed by atoms with E-state index in [2.05, 4.69) is 40.0 Å². The molecule has 0 saturated carbocycles. The van der Waals surface area contributed by atoms with Gasteiger partial charge < -0.3 is 9.80 Å². The molecule has 2 heterocycles. The van der Waals surface area contributed by atoms with E-state index >= 15 is 0 Å². The molecule has 1 aliphatic heterocycles. The summed E-state index contributed by atoms with van der Waals surface area (Å²) < 4.78 is 2.89. The van der Waals surface area contributed by atoms with Crippen LogP contribution in [0, 0.1) is 13.8 Å². The molecule has 1 aromatic carbocycles. The van der Waals surface area contributed by atoms with E-state index < -0.39 is 0 Å². The van der Waals surface area contributed by atoms with Gasteiger partial charge in [0.1, 0.15) is 0 Å². The predicted molar refractivity (Wildman–Crippen MR) is 103 cm³/mol. The first-order chi connectivity index (χ1) is 11.9. The standard InChI is InChI=1S/C19H25BrN4O/c1-13-18(19(25)23-11-5-6-17(12-23)22(3)4)14(2)24(21-13)16-9-7-15(20)8-10-16/h7-10,17H,5-6,11-12H2,1-4H3. The van der Waals surface area contributed by atoms with Gasteiger partial charge in [-0.1, -0.05) is 15.9 Å². The van der Waals surface area contributed by atoms with Crippen molar-refractivity contribution in [3.63, 3.8) is 0 Å². The van der Waals surface area contributed by atoms with Crippen molar-refractivity contribution in [1.82, 2.24) is 19.6 Å². The number of hydrogen-bond donors (Lipinski definition) is 0. The molecule has 5 nitrogen and oxygen atoms in total. The zero-order valence-electron chi connectivity index (χ0n) is 15.3. The topological polar surface area (TPSA) is 41.4 Å². The maximum atomic E-state index is 13.2. The largest absolute Gasteiger partial charge is 0.337 e. The number of aryl methyl sites for hydroxylation is 1. The van der Waals surface area contributed by atoms with Crippen molar-refractivity contribution in [1.29, 1.82) is 0 Å². The lowest BCUT2D eigenvalue weighted by atomic mass is 10.0. The number of hydrogen-bond acceptors (Lipinski definition) is 3. The number of likely N-dealkylation sites (N-methyl/N-ethyl adjacent to an activating group) is 1. The Balaban J connectivity index is 1.90. The fourth-order valence-corrected chi connectivity index (χ4v) is 3.77. The second kappa shape index (κ2) is 7.30. The number of amides is 1. The third-order valence-electron chi connectivity index (χ3n) is 4.99. The number of nitrogens with zero attached hydrogens (tertiary/aromatic N) is 4. The van der Waals surface area contributed by atoms with E-state index in [1.54, 1.807) is 0 Å². The number of carbonyl (C=O) groups excluding carboxylic acids is 1. The molecule has 3 rings (SSSR count). The fraction of sp³-hybridized carbons (Fsp3) is 0.474. The molecule has 134 valence electrons. The van der Waals surface area contributed by atoms with Crippen molar-refractivity contribution in [2.45, 2.75) is 32.7 Å². The zero-order valence-corrected chi connectivity index (χ0v) is 16.9. The maximum Gasteiger partial charge on any atom is 0.257 e. The molecule has 0 bridgehead atoms. The van der Waals surface area contributed by atoms with Gasteiger partial charge in [0.05, 0.1) is 22.6 Å². The molecule has 1 fully saturated rings. The van der Waals surface area contributed by atoms with Crippen LogP contribution in [-0.2, 0) is 0 Å². The molecule has 1 aliphatic rings. The highest BCUT2D eigenvalue weighted by molar-refractivity contribution is 9.10. The molecular formula is C19H25BrN4O. The quantitative estimate of drug-likeness (QED) is 0.786. The Morgan fingerprint density at radius 1 is 1.24 bits per heavy atom. The summed E-state index contributed by atoms with van der Waals surface area (Å²) in [5.74, 6) is 0.102. The molecule has 6 heteroatoms. The summed E-state index contributed by atoms with van der Waals surface area (Å²) in [6, 6.07) is 8.40. The minimum absolute atomic E-state index is 0.102. The number of benzene rings is 1. The van der Waals surface area contributed by atoms with E-state index in [-0.39, 0.29) is 5.91 Å². The first kappa shape index (κ1) is 18.1. The number of carbonyl (C=O) groups is 1. The monoisotopic (exact) mass is 404 g/mol. The van der Waals surface area contributed by atoms with Crippen LogP contribution in [0.1, 0.15) is 34.6 Å². The van der Waals surface area contributed by atoms with Crippen LogP contribution in [-0.4, -0.2) is 58.7 Å². The molecular weight excluding hydrogens is 380 g/mol. The average Bonchev–Trinajstić information content (AvgIpc) is 2.89. The molecule has 0 spiro atoms. The van der Waals surface area contributed by atoms with Crippen LogP contribution < -0.4 is 0 Å². The molecule has 1 saturated heterocycles. The molecule has 0 aliphatic carbocycles. The van der Waals surface area contributed by atoms with Gasteiger partial charge >= 0.3 is 0 Å². The lowest BCUT2D eigenvalue weighted by Crippen LogP contribution is -2.47.